The zero-order valence-corrected chi connectivity index (χ0v) is 13.4. The smallest absolute Gasteiger partial charge is 0.243 e. The summed E-state index contributed by atoms with van der Waals surface area (Å²) in [6, 6.07) is 3.73. The lowest BCUT2D eigenvalue weighted by Gasteiger charge is -2.22. The predicted molar refractivity (Wildman–Crippen MR) is 81.2 cm³/mol. The first-order valence-electron chi connectivity index (χ1n) is 6.76. The average Bonchev–Trinajstić information content (AvgIpc) is 2.76. The summed E-state index contributed by atoms with van der Waals surface area (Å²) in [5.74, 6) is 0. The second kappa shape index (κ2) is 5.35. The van der Waals surface area contributed by atoms with Crippen molar-refractivity contribution in [1.29, 1.82) is 0 Å². The maximum Gasteiger partial charge on any atom is 0.243 e. The average molecular weight is 297 g/mol. The zero-order valence-electron chi connectivity index (χ0n) is 12.5. The van der Waals surface area contributed by atoms with Crippen molar-refractivity contribution in [2.45, 2.75) is 31.2 Å². The van der Waals surface area contributed by atoms with Gasteiger partial charge in [0.05, 0.1) is 4.90 Å². The third-order valence-corrected chi connectivity index (χ3v) is 6.11. The number of anilines is 1. The quantitative estimate of drug-likeness (QED) is 0.852. The lowest BCUT2D eigenvalue weighted by molar-refractivity contribution is 0.302. The summed E-state index contributed by atoms with van der Waals surface area (Å²) in [7, 11) is 0.541. The van der Waals surface area contributed by atoms with E-state index in [1.165, 1.54) is 0 Å². The minimum absolute atomic E-state index is 0.291. The first kappa shape index (κ1) is 15.3. The molecule has 1 aromatic rings. The van der Waals surface area contributed by atoms with E-state index in [0.717, 1.165) is 17.5 Å². The number of nitrogens with two attached hydrogens (primary N) is 1. The van der Waals surface area contributed by atoms with Gasteiger partial charge in [0.15, 0.2) is 0 Å². The number of aryl methyl sites for hydroxylation is 2. The Hall–Kier alpha value is -1.11. The van der Waals surface area contributed by atoms with Gasteiger partial charge in [0.2, 0.25) is 10.0 Å². The molecule has 5 nitrogen and oxygen atoms in total. The molecular weight excluding hydrogens is 274 g/mol. The molecule has 2 rings (SSSR count). The van der Waals surface area contributed by atoms with Gasteiger partial charge in [-0.1, -0.05) is 0 Å². The van der Waals surface area contributed by atoms with Gasteiger partial charge in [0.1, 0.15) is 0 Å². The molecule has 0 aliphatic carbocycles. The van der Waals surface area contributed by atoms with E-state index in [2.05, 4.69) is 4.90 Å². The summed E-state index contributed by atoms with van der Waals surface area (Å²) in [5, 5.41) is 0. The molecule has 0 spiro atoms. The number of sulfonamides is 1. The molecule has 6 heteroatoms. The van der Waals surface area contributed by atoms with E-state index in [1.807, 2.05) is 14.1 Å². The van der Waals surface area contributed by atoms with Crippen molar-refractivity contribution in [3.8, 4) is 0 Å². The molecule has 1 aliphatic heterocycles. The Balaban J connectivity index is 2.38. The second-order valence-electron chi connectivity index (χ2n) is 5.75. The molecule has 0 bridgehead atoms. The van der Waals surface area contributed by atoms with Crippen LogP contribution in [0.4, 0.5) is 5.69 Å². The maximum atomic E-state index is 12.8. The van der Waals surface area contributed by atoms with Gasteiger partial charge in [0.25, 0.3) is 0 Å². The van der Waals surface area contributed by atoms with Crippen molar-refractivity contribution >= 4 is 15.7 Å². The maximum absolute atomic E-state index is 12.8. The van der Waals surface area contributed by atoms with E-state index >= 15 is 0 Å². The molecule has 1 heterocycles. The number of hydrogen-bond acceptors (Lipinski definition) is 4. The van der Waals surface area contributed by atoms with Crippen LogP contribution >= 0.6 is 0 Å². The second-order valence-corrected chi connectivity index (χ2v) is 7.63. The molecule has 20 heavy (non-hydrogen) atoms. The Bertz CT molecular complexity index is 588. The molecule has 1 fully saturated rings. The Morgan fingerprint density at radius 3 is 2.25 bits per heavy atom. The largest absolute Gasteiger partial charge is 0.399 e. The Labute approximate surface area is 121 Å². The molecule has 1 saturated heterocycles. The van der Waals surface area contributed by atoms with Crippen LogP contribution in [0, 0.1) is 13.8 Å². The van der Waals surface area contributed by atoms with E-state index in [9.17, 15) is 8.42 Å². The highest BCUT2D eigenvalue weighted by molar-refractivity contribution is 7.89. The topological polar surface area (TPSA) is 66.6 Å². The highest BCUT2D eigenvalue weighted by atomic mass is 32.2. The van der Waals surface area contributed by atoms with Crippen LogP contribution in [0.2, 0.25) is 0 Å². The zero-order chi connectivity index (χ0) is 15.1. The third kappa shape index (κ3) is 2.68. The van der Waals surface area contributed by atoms with E-state index in [4.69, 9.17) is 5.73 Å². The minimum Gasteiger partial charge on any atom is -0.399 e. The first-order valence-corrected chi connectivity index (χ1v) is 8.21. The molecule has 0 saturated carbocycles. The number of nitrogen functional groups attached to an aromatic ring is 1. The van der Waals surface area contributed by atoms with Gasteiger partial charge in [-0.2, -0.15) is 4.31 Å². The van der Waals surface area contributed by atoms with Gasteiger partial charge in [-0.25, -0.2) is 8.42 Å². The van der Waals surface area contributed by atoms with E-state index in [-0.39, 0.29) is 0 Å². The highest BCUT2D eigenvalue weighted by Crippen LogP contribution is 2.29. The summed E-state index contributed by atoms with van der Waals surface area (Å²) in [5.41, 5.74) is 7.81. The Morgan fingerprint density at radius 1 is 1.25 bits per heavy atom. The number of likely N-dealkylation sites (N-methyl/N-ethyl adjacent to an activating group) is 1. The van der Waals surface area contributed by atoms with Crippen molar-refractivity contribution in [3.63, 3.8) is 0 Å². The van der Waals surface area contributed by atoms with Gasteiger partial charge in [-0.15, -0.1) is 0 Å². The van der Waals surface area contributed by atoms with Crippen LogP contribution in [-0.4, -0.2) is 50.8 Å². The molecule has 1 aliphatic rings. The fourth-order valence-electron chi connectivity index (χ4n) is 2.87. The summed E-state index contributed by atoms with van der Waals surface area (Å²) >= 11 is 0. The van der Waals surface area contributed by atoms with Crippen LogP contribution in [0.3, 0.4) is 0 Å². The molecule has 0 amide bonds. The summed E-state index contributed by atoms with van der Waals surface area (Å²) in [6.07, 6.45) is 0.874. The molecule has 0 radical (unpaired) electrons. The molecule has 112 valence electrons. The van der Waals surface area contributed by atoms with Crippen molar-refractivity contribution in [2.24, 2.45) is 0 Å². The molecular formula is C14H23N3O2S. The Morgan fingerprint density at radius 2 is 1.80 bits per heavy atom. The van der Waals surface area contributed by atoms with Gasteiger partial charge in [-0.3, -0.25) is 0 Å². The van der Waals surface area contributed by atoms with E-state index in [0.29, 0.717) is 29.7 Å². The fraction of sp³-hybridized carbons (Fsp3) is 0.571. The van der Waals surface area contributed by atoms with E-state index in [1.54, 1.807) is 30.3 Å². The van der Waals surface area contributed by atoms with Crippen molar-refractivity contribution in [1.82, 2.24) is 9.21 Å². The normalized spacial score (nSPS) is 20.8. The number of hydrogen-bond donors (Lipinski definition) is 1. The Kier molecular flexibility index (Phi) is 4.09. The SMILES string of the molecule is Cc1cc(N)cc(C)c1S(=O)(=O)N1CCC(N(C)C)C1. The monoisotopic (exact) mass is 297 g/mol. The van der Waals surface area contributed by atoms with Crippen LogP contribution in [0.1, 0.15) is 17.5 Å². The van der Waals surface area contributed by atoms with Crippen LogP contribution in [0.25, 0.3) is 0 Å². The van der Waals surface area contributed by atoms with Gasteiger partial charge >= 0.3 is 0 Å². The lowest BCUT2D eigenvalue weighted by atomic mass is 10.1. The summed E-state index contributed by atoms with van der Waals surface area (Å²) < 4.78 is 27.2. The van der Waals surface area contributed by atoms with Gasteiger partial charge in [-0.05, 0) is 57.6 Å². The van der Waals surface area contributed by atoms with Crippen LogP contribution in [0.15, 0.2) is 17.0 Å². The minimum atomic E-state index is -3.43. The summed E-state index contributed by atoms with van der Waals surface area (Å²) in [4.78, 5) is 2.49. The van der Waals surface area contributed by atoms with Gasteiger partial charge < -0.3 is 10.6 Å². The highest BCUT2D eigenvalue weighted by Gasteiger charge is 2.34. The standard InChI is InChI=1S/C14H23N3O2S/c1-10-7-12(15)8-11(2)14(10)20(18,19)17-6-5-13(9-17)16(3)4/h7-8,13H,5-6,9,15H2,1-4H3. The summed E-state index contributed by atoms with van der Waals surface area (Å²) in [6.45, 7) is 4.73. The van der Waals surface area contributed by atoms with Crippen molar-refractivity contribution in [3.05, 3.63) is 23.3 Å². The third-order valence-electron chi connectivity index (χ3n) is 3.94. The van der Waals surface area contributed by atoms with Crippen molar-refractivity contribution in [2.75, 3.05) is 32.9 Å². The first-order chi connectivity index (χ1) is 9.23. The number of rotatable bonds is 3. The number of nitrogens with zero attached hydrogens (tertiary/aromatic N) is 2. The number of benzene rings is 1. The van der Waals surface area contributed by atoms with Crippen LogP contribution < -0.4 is 5.73 Å². The predicted octanol–water partition coefficient (Wildman–Crippen LogP) is 1.21. The molecule has 2 N–H and O–H groups in total. The molecule has 1 unspecified atom stereocenters. The van der Waals surface area contributed by atoms with Crippen molar-refractivity contribution < 1.29 is 8.42 Å². The van der Waals surface area contributed by atoms with Crippen LogP contribution in [0.5, 0.6) is 0 Å². The fourth-order valence-corrected chi connectivity index (χ4v) is 4.77. The molecule has 0 aromatic heterocycles. The van der Waals surface area contributed by atoms with E-state index < -0.39 is 10.0 Å². The molecule has 1 atom stereocenters. The van der Waals surface area contributed by atoms with Crippen LogP contribution in [-0.2, 0) is 10.0 Å². The lowest BCUT2D eigenvalue weighted by Crippen LogP contribution is -2.35. The molecule has 1 aromatic carbocycles. The van der Waals surface area contributed by atoms with Gasteiger partial charge in [0, 0.05) is 24.8 Å².